The highest BCUT2D eigenvalue weighted by atomic mass is 16.5. The molecule has 1 fully saturated rings. The fraction of sp³-hybridized carbons (Fsp3) is 0.333. The molecule has 9 nitrogen and oxygen atoms in total. The maximum Gasteiger partial charge on any atom is 0.322 e. The summed E-state index contributed by atoms with van der Waals surface area (Å²) in [5, 5.41) is 11.2. The first kappa shape index (κ1) is 15.9. The molecule has 2 N–H and O–H groups in total. The van der Waals surface area contributed by atoms with E-state index in [0.717, 1.165) is 0 Å². The number of nitrogens with one attached hydrogen (secondary N) is 1. The first-order chi connectivity index (χ1) is 11.6. The molecule has 24 heavy (non-hydrogen) atoms. The summed E-state index contributed by atoms with van der Waals surface area (Å²) in [4.78, 5) is 41.5. The Morgan fingerprint density at radius 3 is 2.79 bits per heavy atom. The van der Waals surface area contributed by atoms with Crippen molar-refractivity contribution in [3.8, 4) is 0 Å². The highest BCUT2D eigenvalue weighted by Crippen LogP contribution is 2.12. The lowest BCUT2D eigenvalue weighted by atomic mass is 10.2. The number of carbonyl (C=O) groups is 2. The molecule has 3 rings (SSSR count). The molecular weight excluding hydrogens is 316 g/mol. The minimum absolute atomic E-state index is 0.0610. The van der Waals surface area contributed by atoms with Crippen LogP contribution in [-0.2, 0) is 9.53 Å². The van der Waals surface area contributed by atoms with Gasteiger partial charge in [0, 0.05) is 19.3 Å². The molecule has 1 amide bonds. The van der Waals surface area contributed by atoms with Crippen LogP contribution >= 0.6 is 0 Å². The highest BCUT2D eigenvalue weighted by Gasteiger charge is 2.21. The number of fused-ring (bicyclic) bond motifs is 1. The number of aliphatic carboxylic acids is 1. The van der Waals surface area contributed by atoms with Crippen LogP contribution < -0.4 is 10.9 Å². The van der Waals surface area contributed by atoms with Gasteiger partial charge in [-0.15, -0.1) is 0 Å². The Morgan fingerprint density at radius 2 is 2.08 bits per heavy atom. The second kappa shape index (κ2) is 6.67. The fourth-order valence-electron chi connectivity index (χ4n) is 2.50. The van der Waals surface area contributed by atoms with Crippen LogP contribution in [0.25, 0.3) is 5.65 Å². The Bertz CT molecular complexity index is 841. The predicted molar refractivity (Wildman–Crippen MR) is 84.3 cm³/mol. The third kappa shape index (κ3) is 3.06. The summed E-state index contributed by atoms with van der Waals surface area (Å²) in [6.45, 7) is 1.54. The smallest absolute Gasteiger partial charge is 0.322 e. The molecule has 0 radical (unpaired) electrons. The molecule has 3 heterocycles. The Hall–Kier alpha value is -2.94. The van der Waals surface area contributed by atoms with Crippen LogP contribution in [-0.4, -0.2) is 64.1 Å². The van der Waals surface area contributed by atoms with Crippen LogP contribution in [0.15, 0.2) is 29.3 Å². The average molecular weight is 332 g/mol. The summed E-state index contributed by atoms with van der Waals surface area (Å²) in [5.41, 5.74) is 0.157. The van der Waals surface area contributed by atoms with Gasteiger partial charge in [0.05, 0.1) is 25.0 Å². The van der Waals surface area contributed by atoms with Crippen LogP contribution in [0.4, 0.5) is 5.69 Å². The predicted octanol–water partition coefficient (Wildman–Crippen LogP) is -0.337. The van der Waals surface area contributed by atoms with Gasteiger partial charge in [0.15, 0.2) is 5.65 Å². The SMILES string of the molecule is O=C(O)CNc1cnc2c(C(=O)N3CCOCC3)cccn2c1=O. The molecule has 2 aromatic heterocycles. The molecule has 9 heteroatoms. The highest BCUT2D eigenvalue weighted by molar-refractivity contribution is 5.99. The van der Waals surface area contributed by atoms with Crippen LogP contribution in [0.3, 0.4) is 0 Å². The number of nitrogens with zero attached hydrogens (tertiary/aromatic N) is 3. The topological polar surface area (TPSA) is 113 Å². The number of anilines is 1. The maximum absolute atomic E-state index is 12.6. The Kier molecular flexibility index (Phi) is 4.43. The number of aromatic nitrogens is 2. The number of amides is 1. The lowest BCUT2D eigenvalue weighted by molar-refractivity contribution is -0.134. The van der Waals surface area contributed by atoms with E-state index in [9.17, 15) is 14.4 Å². The fourth-order valence-corrected chi connectivity index (χ4v) is 2.50. The Morgan fingerprint density at radius 1 is 1.33 bits per heavy atom. The van der Waals surface area contributed by atoms with Crippen molar-refractivity contribution < 1.29 is 19.4 Å². The molecule has 0 spiro atoms. The standard InChI is InChI=1S/C15H16N4O5/c20-12(21)9-16-11-8-17-13-10(2-1-3-19(13)15(11)23)14(22)18-4-6-24-7-5-18/h1-3,8,16H,4-7,9H2,(H,20,21). The molecule has 1 aliphatic rings. The van der Waals surface area contributed by atoms with E-state index in [-0.39, 0.29) is 17.2 Å². The van der Waals surface area contributed by atoms with Gasteiger partial charge in [0.1, 0.15) is 12.2 Å². The summed E-state index contributed by atoms with van der Waals surface area (Å²) < 4.78 is 6.47. The Balaban J connectivity index is 1.98. The van der Waals surface area contributed by atoms with Crippen molar-refractivity contribution in [3.05, 3.63) is 40.4 Å². The third-order valence-corrected chi connectivity index (χ3v) is 3.69. The van der Waals surface area contributed by atoms with Crippen molar-refractivity contribution in [2.75, 3.05) is 38.2 Å². The van der Waals surface area contributed by atoms with Gasteiger partial charge in [-0.2, -0.15) is 0 Å². The molecule has 0 saturated carbocycles. The zero-order chi connectivity index (χ0) is 17.1. The number of carbonyl (C=O) groups excluding carboxylic acids is 1. The van der Waals surface area contributed by atoms with Crippen LogP contribution in [0.1, 0.15) is 10.4 Å². The minimum Gasteiger partial charge on any atom is -0.480 e. The van der Waals surface area contributed by atoms with E-state index in [2.05, 4.69) is 10.3 Å². The van der Waals surface area contributed by atoms with Gasteiger partial charge in [0.2, 0.25) is 0 Å². The number of rotatable bonds is 4. The van der Waals surface area contributed by atoms with Gasteiger partial charge >= 0.3 is 5.97 Å². The van der Waals surface area contributed by atoms with Gasteiger partial charge in [-0.3, -0.25) is 18.8 Å². The van der Waals surface area contributed by atoms with Crippen LogP contribution in [0, 0.1) is 0 Å². The molecular formula is C15H16N4O5. The van der Waals surface area contributed by atoms with E-state index in [0.29, 0.717) is 31.9 Å². The van der Waals surface area contributed by atoms with E-state index in [1.807, 2.05) is 0 Å². The number of hydrogen-bond acceptors (Lipinski definition) is 6. The van der Waals surface area contributed by atoms with Crippen molar-refractivity contribution >= 4 is 23.2 Å². The monoisotopic (exact) mass is 332 g/mol. The summed E-state index contributed by atoms with van der Waals surface area (Å²) >= 11 is 0. The molecule has 1 saturated heterocycles. The molecule has 0 bridgehead atoms. The van der Waals surface area contributed by atoms with E-state index in [4.69, 9.17) is 9.84 Å². The van der Waals surface area contributed by atoms with Gasteiger partial charge in [-0.1, -0.05) is 0 Å². The summed E-state index contributed by atoms with van der Waals surface area (Å²) in [7, 11) is 0. The summed E-state index contributed by atoms with van der Waals surface area (Å²) in [5.74, 6) is -1.30. The second-order valence-corrected chi connectivity index (χ2v) is 5.24. The molecule has 0 unspecified atom stereocenters. The normalized spacial score (nSPS) is 14.6. The Labute approximate surface area is 136 Å². The van der Waals surface area contributed by atoms with Crippen molar-refractivity contribution in [1.29, 1.82) is 0 Å². The molecule has 0 aliphatic carbocycles. The van der Waals surface area contributed by atoms with Gasteiger partial charge in [-0.25, -0.2) is 4.98 Å². The van der Waals surface area contributed by atoms with Crippen molar-refractivity contribution in [3.63, 3.8) is 0 Å². The lowest BCUT2D eigenvalue weighted by Gasteiger charge is -2.27. The lowest BCUT2D eigenvalue weighted by Crippen LogP contribution is -2.41. The number of morpholine rings is 1. The molecule has 0 atom stereocenters. The minimum atomic E-state index is -1.09. The number of hydrogen-bond donors (Lipinski definition) is 2. The first-order valence-electron chi connectivity index (χ1n) is 7.41. The van der Waals surface area contributed by atoms with Gasteiger partial charge in [-0.05, 0) is 12.1 Å². The quantitative estimate of drug-likeness (QED) is 0.787. The van der Waals surface area contributed by atoms with Gasteiger partial charge in [0.25, 0.3) is 11.5 Å². The summed E-state index contributed by atoms with van der Waals surface area (Å²) in [6, 6.07) is 3.20. The van der Waals surface area contributed by atoms with E-state index >= 15 is 0 Å². The zero-order valence-corrected chi connectivity index (χ0v) is 12.8. The van der Waals surface area contributed by atoms with Gasteiger partial charge < -0.3 is 20.1 Å². The van der Waals surface area contributed by atoms with Crippen LogP contribution in [0.5, 0.6) is 0 Å². The van der Waals surface area contributed by atoms with Crippen molar-refractivity contribution in [2.45, 2.75) is 0 Å². The third-order valence-electron chi connectivity index (χ3n) is 3.69. The van der Waals surface area contributed by atoms with E-state index < -0.39 is 18.1 Å². The number of pyridine rings is 1. The molecule has 1 aliphatic heterocycles. The number of carboxylic acid groups (broad SMARTS) is 1. The summed E-state index contributed by atoms with van der Waals surface area (Å²) in [6.07, 6.45) is 2.74. The second-order valence-electron chi connectivity index (χ2n) is 5.24. The maximum atomic E-state index is 12.6. The van der Waals surface area contributed by atoms with E-state index in [1.54, 1.807) is 17.0 Å². The van der Waals surface area contributed by atoms with E-state index in [1.165, 1.54) is 16.8 Å². The first-order valence-corrected chi connectivity index (χ1v) is 7.41. The van der Waals surface area contributed by atoms with Crippen molar-refractivity contribution in [1.82, 2.24) is 14.3 Å². The molecule has 126 valence electrons. The van der Waals surface area contributed by atoms with Crippen LogP contribution in [0.2, 0.25) is 0 Å². The van der Waals surface area contributed by atoms with Crippen molar-refractivity contribution in [2.24, 2.45) is 0 Å². The average Bonchev–Trinajstić information content (AvgIpc) is 2.61. The molecule has 2 aromatic rings. The zero-order valence-electron chi connectivity index (χ0n) is 12.8. The number of carboxylic acids is 1. The molecule has 0 aromatic carbocycles. The number of ether oxygens (including phenoxy) is 1. The largest absolute Gasteiger partial charge is 0.480 e.